The van der Waals surface area contributed by atoms with Crippen molar-refractivity contribution in [2.45, 2.75) is 155 Å². The number of carbonyl (C=O) groups excluding carboxylic acids is 2. The summed E-state index contributed by atoms with van der Waals surface area (Å²) in [6, 6.07) is 27.2. The Labute approximate surface area is 488 Å². The van der Waals surface area contributed by atoms with Gasteiger partial charge in [-0.1, -0.05) is 130 Å². The quantitative estimate of drug-likeness (QED) is 0.0294. The second kappa shape index (κ2) is 27.8. The van der Waals surface area contributed by atoms with Crippen LogP contribution in [0, 0.1) is 0 Å². The summed E-state index contributed by atoms with van der Waals surface area (Å²) in [5.41, 5.74) is 10.5. The highest BCUT2D eigenvalue weighted by Gasteiger charge is 2.52. The van der Waals surface area contributed by atoms with E-state index in [-0.39, 0.29) is 61.6 Å². The molecule has 6 heterocycles. The minimum Gasteiger partial charge on any atom is -0.408 e. The maximum absolute atomic E-state index is 12.9. The number of aromatic nitrogens is 8. The van der Waals surface area contributed by atoms with Gasteiger partial charge in [0, 0.05) is 40.2 Å². The average molecular weight is 1250 g/mol. The molecule has 2 aliphatic heterocycles. The topological polar surface area (TPSA) is 253 Å². The largest absolute Gasteiger partial charge is 0.408 e. The highest BCUT2D eigenvalue weighted by Crippen LogP contribution is 2.45. The predicted molar refractivity (Wildman–Crippen MR) is 331 cm³/mol. The van der Waals surface area contributed by atoms with E-state index in [1.54, 1.807) is 60.7 Å². The predicted octanol–water partition coefficient (Wildman–Crippen LogP) is 10.8. The molecule has 9 rings (SSSR count). The molecule has 0 spiro atoms. The van der Waals surface area contributed by atoms with Gasteiger partial charge in [0.05, 0.1) is 31.4 Å². The molecule has 0 radical (unpaired) electrons. The summed E-state index contributed by atoms with van der Waals surface area (Å²) in [5, 5.41) is 15.5. The Morgan fingerprint density at radius 1 is 0.713 bits per heavy atom. The lowest BCUT2D eigenvalue weighted by atomic mass is 10.1. The van der Waals surface area contributed by atoms with Crippen molar-refractivity contribution in [3.63, 3.8) is 0 Å². The smallest absolute Gasteiger partial charge is 0.256 e. The summed E-state index contributed by atoms with van der Waals surface area (Å²) in [6.45, 7) is 23.8. The number of hydrogen-bond donors (Lipinski definition) is 5. The number of aliphatic hydroxyl groups excluding tert-OH is 1. The summed E-state index contributed by atoms with van der Waals surface area (Å²) in [7, 11) is -2.79. The molecule has 2 amide bonds. The number of carbonyl (C=O) groups is 2. The van der Waals surface area contributed by atoms with E-state index in [1.807, 2.05) is 88.2 Å². The zero-order chi connectivity index (χ0) is 57.5. The molecule has 2 aliphatic rings. The third-order valence-corrected chi connectivity index (χ3v) is 23.7. The molecule has 3 aromatic carbocycles. The third-order valence-electron chi connectivity index (χ3n) is 14.8. The van der Waals surface area contributed by atoms with Crippen molar-refractivity contribution >= 4 is 91.5 Å². The molecule has 2 unspecified atom stereocenters. The van der Waals surface area contributed by atoms with Gasteiger partial charge in [0.25, 0.3) is 11.8 Å². The van der Waals surface area contributed by atoms with E-state index in [4.69, 9.17) is 30.5 Å². The first kappa shape index (κ1) is 63.4. The molecule has 2 fully saturated rings. The van der Waals surface area contributed by atoms with Gasteiger partial charge in [-0.25, -0.2) is 29.9 Å². The Kier molecular flexibility index (Phi) is 22.1. The van der Waals surface area contributed by atoms with Crippen molar-refractivity contribution in [2.75, 3.05) is 24.3 Å². The van der Waals surface area contributed by atoms with Crippen molar-refractivity contribution in [1.29, 1.82) is 0 Å². The van der Waals surface area contributed by atoms with Gasteiger partial charge in [-0.2, -0.15) is 0 Å². The fourth-order valence-corrected chi connectivity index (χ4v) is 11.0. The zero-order valence-corrected chi connectivity index (χ0v) is 50.6. The minimum atomic E-state index is -2.23. The molecular weight excluding hydrogens is 1160 g/mol. The van der Waals surface area contributed by atoms with Gasteiger partial charge < -0.3 is 39.8 Å². The highest BCUT2D eigenvalue weighted by molar-refractivity contribution is 14.1. The first-order valence-corrected chi connectivity index (χ1v) is 32.7. The summed E-state index contributed by atoms with van der Waals surface area (Å²) in [5.74, 6) is 0.0696. The zero-order valence-electron chi connectivity index (χ0n) is 47.4. The summed E-state index contributed by atoms with van der Waals surface area (Å²) < 4.78 is 37.8. The van der Waals surface area contributed by atoms with Gasteiger partial charge in [-0.05, 0) is 79.6 Å². The summed E-state index contributed by atoms with van der Waals surface area (Å²) in [6.07, 6.45) is 5.98. The molecule has 0 aliphatic carbocycles. The van der Waals surface area contributed by atoms with Crippen LogP contribution in [0.5, 0.6) is 0 Å². The SMILES string of the molecule is C.C.CC(C)(C)[Si](C)(C)OC1[C@H](n2cnc3c(NC(=O)c4ccccc4)ncnc32)O[C@H](CO)[C@H]1N.CC[C@H]1O[C@@H](n2cnc3c(NC(=O)c4ccccc4)ncnc32)C(O[Si](C)(C)C(C)(C)C)[C@@H]1N=Cc1ccccc1.[3H]N(C)I. The van der Waals surface area contributed by atoms with E-state index < -0.39 is 47.3 Å². The van der Waals surface area contributed by atoms with E-state index in [0.717, 1.165) is 12.0 Å². The number of imidazole rings is 2. The monoisotopic (exact) mass is 1250 g/mol. The van der Waals surface area contributed by atoms with E-state index in [0.29, 0.717) is 45.1 Å². The normalized spacial score (nSPS) is 21.4. The molecule has 432 valence electrons. The fourth-order valence-electron chi connectivity index (χ4n) is 8.40. The number of rotatable bonds is 14. The Balaban J connectivity index is 0.000000276. The number of aliphatic imine (C=N–C) groups is 1. The summed E-state index contributed by atoms with van der Waals surface area (Å²) >= 11 is 1.84. The highest BCUT2D eigenvalue weighted by atomic mass is 127. The van der Waals surface area contributed by atoms with E-state index in [2.05, 4.69) is 115 Å². The van der Waals surface area contributed by atoms with Crippen LogP contribution >= 0.6 is 22.9 Å². The van der Waals surface area contributed by atoms with Crippen LogP contribution < -0.4 is 19.9 Å². The summed E-state index contributed by atoms with van der Waals surface area (Å²) in [4.78, 5) is 57.2. The van der Waals surface area contributed by atoms with E-state index in [9.17, 15) is 14.7 Å². The van der Waals surface area contributed by atoms with Crippen LogP contribution in [0.25, 0.3) is 22.3 Å². The van der Waals surface area contributed by atoms with Crippen LogP contribution in [0.4, 0.5) is 11.6 Å². The number of amides is 2. The molecule has 2 saturated heterocycles. The first-order valence-electron chi connectivity index (χ1n) is 26.4. The first-order chi connectivity index (χ1) is 37.3. The number of aliphatic hydroxyl groups is 1. The van der Waals surface area contributed by atoms with Crippen molar-refractivity contribution in [3.8, 4) is 0 Å². The molecular formula is C57H82IN13O7Si2. The standard InChI is InChI=1S/C31H38N6O3Si.C23H32N6O4Si.CH4IN.2CH4/c1-7-23-24(32-18-21-14-10-8-11-15-21)26(40-41(5,6)31(2,3)4)30(39-23)37-20-35-25-27(33-19-34-28(25)37)36-29(38)22-16-12-9-13-17-22;1-23(2,3)34(4,5)33-18-16(24)15(11-30)32-22(18)29-13-27-17-19(25-12-26-20(17)29)28-21(31)14-9-7-6-8-10-14;1-3-2;;/h8-20,23-24,26,30H,7H2,1-6H3,(H,33,34,36,38);6-10,12-13,15-16,18,22,30H,11,24H2,1-5H3,(H,25,26,28,31);3H,1H3;2*1H4/t23-,24-,26?,30-;15-,16-,18?,22-;;;/m11.../s1/i/hT. The Morgan fingerprint density at radius 2 is 1.11 bits per heavy atom. The molecule has 23 heteroatoms. The van der Waals surface area contributed by atoms with Gasteiger partial charge in [0.2, 0.25) is 0 Å². The molecule has 4 aromatic heterocycles. The van der Waals surface area contributed by atoms with Gasteiger partial charge >= 0.3 is 0 Å². The average Bonchev–Trinajstić information content (AvgIpc) is 4.20. The lowest BCUT2D eigenvalue weighted by Crippen LogP contribution is -2.51. The van der Waals surface area contributed by atoms with Gasteiger partial charge in [0.15, 0.2) is 63.1 Å². The molecule has 80 heavy (non-hydrogen) atoms. The molecule has 8 atom stereocenters. The number of hydrogen-bond acceptors (Lipinski definition) is 16. The van der Waals surface area contributed by atoms with Gasteiger partial charge in [-0.15, -0.1) is 0 Å². The molecule has 0 saturated carbocycles. The van der Waals surface area contributed by atoms with Gasteiger partial charge in [0.1, 0.15) is 38.4 Å². The van der Waals surface area contributed by atoms with Crippen molar-refractivity contribution in [3.05, 3.63) is 133 Å². The number of nitrogens with zero attached hydrogens (tertiary/aromatic N) is 9. The van der Waals surface area contributed by atoms with E-state index >= 15 is 0 Å². The molecule has 7 aromatic rings. The van der Waals surface area contributed by atoms with Crippen LogP contribution in [-0.2, 0) is 18.3 Å². The maximum atomic E-state index is 12.9. The second-order valence-corrected chi connectivity index (χ2v) is 32.5. The Morgan fingerprint density at radius 3 is 1.52 bits per heavy atom. The number of nitrogens with one attached hydrogen (secondary N) is 3. The Hall–Kier alpha value is -5.75. The lowest BCUT2D eigenvalue weighted by Gasteiger charge is -2.40. The number of anilines is 2. The number of fused-ring (bicyclic) bond motifs is 2. The number of benzene rings is 3. The Bertz CT molecular complexity index is 3160. The number of ether oxygens (including phenoxy) is 2. The van der Waals surface area contributed by atoms with Crippen LogP contribution in [0.3, 0.4) is 0 Å². The second-order valence-electron chi connectivity index (χ2n) is 22.1. The van der Waals surface area contributed by atoms with Crippen LogP contribution in [0.15, 0.2) is 121 Å². The van der Waals surface area contributed by atoms with Crippen LogP contribution in [-0.4, -0.2) is 129 Å². The van der Waals surface area contributed by atoms with Crippen molar-refractivity contribution in [2.24, 2.45) is 10.7 Å². The molecule has 0 bridgehead atoms. The van der Waals surface area contributed by atoms with Crippen molar-refractivity contribution in [1.82, 2.24) is 42.6 Å². The van der Waals surface area contributed by atoms with Crippen LogP contribution in [0.2, 0.25) is 37.7 Å². The molecule has 6 N–H and O–H groups in total. The van der Waals surface area contributed by atoms with Gasteiger partial charge in [-0.3, -0.25) is 27.2 Å². The number of nitrogens with two attached hydrogens (primary N) is 1. The third kappa shape index (κ3) is 14.8. The molecule has 20 nitrogen and oxygen atoms in total. The van der Waals surface area contributed by atoms with E-state index in [1.165, 1.54) is 16.2 Å². The maximum Gasteiger partial charge on any atom is 0.256 e. The van der Waals surface area contributed by atoms with Crippen LogP contribution in [0.1, 0.15) is 108 Å². The number of halogens is 1. The van der Waals surface area contributed by atoms with Crippen molar-refractivity contribution < 1.29 is 34.4 Å². The lowest BCUT2D eigenvalue weighted by molar-refractivity contribution is -0.0462. The fraction of sp³-hybridized carbons (Fsp3) is 0.456. The minimum absolute atomic E-state index is 0.